The fourth-order valence-electron chi connectivity index (χ4n) is 1.39. The van der Waals surface area contributed by atoms with Crippen LogP contribution < -0.4 is 0 Å². The third-order valence-corrected chi connectivity index (χ3v) is 5.31. The molecule has 0 radical (unpaired) electrons. The van der Waals surface area contributed by atoms with Gasteiger partial charge >= 0.3 is 15.2 Å². The standard InChI is InChI=1S/C6H15NO6P2/c8-14(9,10)6-15(11,12)13-7-4-2-1-3-5-7/h1-6H2,(H,11,12)(H2,8,9,10). The minimum atomic E-state index is -4.52. The summed E-state index contributed by atoms with van der Waals surface area (Å²) in [7, 11) is -8.74. The first kappa shape index (κ1) is 13.3. The molecule has 0 bridgehead atoms. The summed E-state index contributed by atoms with van der Waals surface area (Å²) < 4.78 is 26.6. The number of piperidine rings is 1. The fourth-order valence-corrected chi connectivity index (χ4v) is 3.98. The van der Waals surface area contributed by atoms with E-state index in [4.69, 9.17) is 14.4 Å². The molecule has 0 aromatic carbocycles. The lowest BCUT2D eigenvalue weighted by atomic mass is 10.2. The van der Waals surface area contributed by atoms with Gasteiger partial charge in [0, 0.05) is 13.1 Å². The van der Waals surface area contributed by atoms with Crippen LogP contribution >= 0.6 is 15.2 Å². The Labute approximate surface area is 87.7 Å². The summed E-state index contributed by atoms with van der Waals surface area (Å²) >= 11 is 0. The molecule has 9 heteroatoms. The van der Waals surface area contributed by atoms with Crippen molar-refractivity contribution < 1.29 is 28.4 Å². The van der Waals surface area contributed by atoms with E-state index in [0.29, 0.717) is 13.1 Å². The van der Waals surface area contributed by atoms with Crippen LogP contribution in [0.5, 0.6) is 0 Å². The van der Waals surface area contributed by atoms with Crippen molar-refractivity contribution in [3.05, 3.63) is 0 Å². The molecule has 1 aliphatic heterocycles. The fraction of sp³-hybridized carbons (Fsp3) is 1.00. The van der Waals surface area contributed by atoms with Gasteiger partial charge in [0.1, 0.15) is 0 Å². The average Bonchev–Trinajstić information content (AvgIpc) is 1.99. The summed E-state index contributed by atoms with van der Waals surface area (Å²) in [4.78, 5) is 26.3. The van der Waals surface area contributed by atoms with Crippen LogP contribution in [-0.2, 0) is 13.8 Å². The molecule has 1 atom stereocenters. The molecule has 1 rings (SSSR count). The summed E-state index contributed by atoms with van der Waals surface area (Å²) in [5, 5.41) is 1.31. The molecule has 0 aromatic rings. The Morgan fingerprint density at radius 1 is 1.07 bits per heavy atom. The highest BCUT2D eigenvalue weighted by atomic mass is 31.2. The summed E-state index contributed by atoms with van der Waals surface area (Å²) in [5.41, 5.74) is 0. The van der Waals surface area contributed by atoms with Crippen molar-refractivity contribution in [1.29, 1.82) is 0 Å². The van der Waals surface area contributed by atoms with Crippen molar-refractivity contribution in [3.63, 3.8) is 0 Å². The van der Waals surface area contributed by atoms with Gasteiger partial charge in [0.15, 0.2) is 5.90 Å². The molecule has 0 saturated carbocycles. The van der Waals surface area contributed by atoms with Gasteiger partial charge in [-0.1, -0.05) is 6.42 Å². The van der Waals surface area contributed by atoms with Crippen molar-refractivity contribution in [2.45, 2.75) is 19.3 Å². The Morgan fingerprint density at radius 3 is 2.07 bits per heavy atom. The van der Waals surface area contributed by atoms with Crippen LogP contribution in [0.25, 0.3) is 0 Å². The lowest BCUT2D eigenvalue weighted by molar-refractivity contribution is -0.0791. The minimum Gasteiger partial charge on any atom is -0.324 e. The maximum absolute atomic E-state index is 11.3. The molecule has 0 spiro atoms. The topological polar surface area (TPSA) is 107 Å². The van der Waals surface area contributed by atoms with E-state index >= 15 is 0 Å². The first-order valence-electron chi connectivity index (χ1n) is 4.60. The van der Waals surface area contributed by atoms with Gasteiger partial charge < -0.3 is 14.7 Å². The van der Waals surface area contributed by atoms with Gasteiger partial charge in [0.05, 0.1) is 0 Å². The minimum absolute atomic E-state index is 0.520. The van der Waals surface area contributed by atoms with Gasteiger partial charge in [-0.2, -0.15) is 5.06 Å². The highest BCUT2D eigenvalue weighted by Crippen LogP contribution is 2.55. The second-order valence-corrected chi connectivity index (χ2v) is 7.41. The van der Waals surface area contributed by atoms with Crippen molar-refractivity contribution in [2.24, 2.45) is 0 Å². The first-order chi connectivity index (χ1) is 6.79. The van der Waals surface area contributed by atoms with Crippen LogP contribution in [0, 0.1) is 0 Å². The summed E-state index contributed by atoms with van der Waals surface area (Å²) in [6.07, 6.45) is 2.75. The second-order valence-electron chi connectivity index (χ2n) is 3.51. The molecule has 90 valence electrons. The third-order valence-electron chi connectivity index (χ3n) is 1.92. The van der Waals surface area contributed by atoms with Gasteiger partial charge in [0.25, 0.3) is 0 Å². The molecule has 15 heavy (non-hydrogen) atoms. The van der Waals surface area contributed by atoms with E-state index < -0.39 is 21.1 Å². The molecule has 1 heterocycles. The van der Waals surface area contributed by atoms with E-state index in [1.54, 1.807) is 0 Å². The monoisotopic (exact) mass is 259 g/mol. The van der Waals surface area contributed by atoms with Gasteiger partial charge in [-0.05, 0) is 12.8 Å². The quantitative estimate of drug-likeness (QED) is 0.638. The zero-order chi connectivity index (χ0) is 11.5. The number of nitrogens with zero attached hydrogens (tertiary/aromatic N) is 1. The van der Waals surface area contributed by atoms with Gasteiger partial charge in [-0.25, -0.2) is 4.62 Å². The molecule has 0 aliphatic carbocycles. The van der Waals surface area contributed by atoms with E-state index in [0.717, 1.165) is 19.3 Å². The van der Waals surface area contributed by atoms with Crippen molar-refractivity contribution in [2.75, 3.05) is 19.0 Å². The maximum Gasteiger partial charge on any atom is 0.356 e. The number of hydrogen-bond acceptors (Lipinski definition) is 4. The summed E-state index contributed by atoms with van der Waals surface area (Å²) in [6, 6.07) is 0. The Kier molecular flexibility index (Phi) is 4.50. The van der Waals surface area contributed by atoms with Crippen LogP contribution in [0.2, 0.25) is 0 Å². The molecule has 1 unspecified atom stereocenters. The Bertz CT molecular complexity index is 296. The van der Waals surface area contributed by atoms with Crippen LogP contribution in [-0.4, -0.2) is 38.7 Å². The maximum atomic E-state index is 11.3. The molecular weight excluding hydrogens is 244 g/mol. The molecular formula is C6H15NO6P2. The largest absolute Gasteiger partial charge is 0.356 e. The van der Waals surface area contributed by atoms with Crippen molar-refractivity contribution in [1.82, 2.24) is 5.06 Å². The Hall–Kier alpha value is 0.260. The van der Waals surface area contributed by atoms with Gasteiger partial charge in [-0.15, -0.1) is 0 Å². The SMILES string of the molecule is O=P(O)(O)CP(=O)(O)ON1CCCCC1. The highest BCUT2D eigenvalue weighted by Gasteiger charge is 2.33. The molecule has 0 aromatic heterocycles. The first-order valence-corrected chi connectivity index (χ1v) is 8.16. The van der Waals surface area contributed by atoms with E-state index in [-0.39, 0.29) is 0 Å². The van der Waals surface area contributed by atoms with Crippen LogP contribution in [0.1, 0.15) is 19.3 Å². The number of hydrogen-bond donors (Lipinski definition) is 3. The molecule has 1 saturated heterocycles. The van der Waals surface area contributed by atoms with Crippen LogP contribution in [0.15, 0.2) is 0 Å². The molecule has 7 nitrogen and oxygen atoms in total. The Morgan fingerprint density at radius 2 is 1.60 bits per heavy atom. The molecule has 3 N–H and O–H groups in total. The predicted octanol–water partition coefficient (Wildman–Crippen LogP) is 0.724. The molecule has 1 aliphatic rings. The van der Waals surface area contributed by atoms with Gasteiger partial charge in [0.2, 0.25) is 0 Å². The lowest BCUT2D eigenvalue weighted by Gasteiger charge is -2.27. The van der Waals surface area contributed by atoms with Gasteiger partial charge in [-0.3, -0.25) is 9.13 Å². The van der Waals surface area contributed by atoms with Crippen molar-refractivity contribution >= 4 is 15.2 Å². The lowest BCUT2D eigenvalue weighted by Crippen LogP contribution is -2.29. The van der Waals surface area contributed by atoms with Crippen LogP contribution in [0.4, 0.5) is 0 Å². The summed E-state index contributed by atoms with van der Waals surface area (Å²) in [6.45, 7) is 1.04. The zero-order valence-corrected chi connectivity index (χ0v) is 9.94. The molecule has 1 fully saturated rings. The van der Waals surface area contributed by atoms with E-state index in [1.807, 2.05) is 0 Å². The highest BCUT2D eigenvalue weighted by molar-refractivity contribution is 7.69. The van der Waals surface area contributed by atoms with E-state index in [2.05, 4.69) is 0 Å². The van der Waals surface area contributed by atoms with E-state index in [1.165, 1.54) is 5.06 Å². The van der Waals surface area contributed by atoms with Crippen molar-refractivity contribution in [3.8, 4) is 0 Å². The Balaban J connectivity index is 2.47. The number of rotatable bonds is 4. The number of hydroxylamine groups is 2. The third kappa shape index (κ3) is 5.78. The predicted molar refractivity (Wildman–Crippen MR) is 53.2 cm³/mol. The zero-order valence-electron chi connectivity index (χ0n) is 8.15. The normalized spacial score (nSPS) is 23.7. The smallest absolute Gasteiger partial charge is 0.324 e. The second kappa shape index (κ2) is 5.06. The summed E-state index contributed by atoms with van der Waals surface area (Å²) in [5.74, 6) is -1.13. The van der Waals surface area contributed by atoms with Crippen LogP contribution in [0.3, 0.4) is 0 Å². The average molecular weight is 259 g/mol. The molecule has 0 amide bonds. The van der Waals surface area contributed by atoms with E-state index in [9.17, 15) is 14.0 Å².